The van der Waals surface area contributed by atoms with E-state index in [1.807, 2.05) is 43.0 Å². The first-order valence-electron chi connectivity index (χ1n) is 5.40. The molecule has 0 heterocycles. The van der Waals surface area contributed by atoms with Crippen molar-refractivity contribution >= 4 is 23.4 Å². The first kappa shape index (κ1) is 13.7. The fourth-order valence-electron chi connectivity index (χ4n) is 1.12. The molecular weight excluding hydrogens is 242 g/mol. The number of nitrogens with two attached hydrogens (primary N) is 1. The van der Waals surface area contributed by atoms with E-state index < -0.39 is 0 Å². The summed E-state index contributed by atoms with van der Waals surface area (Å²) in [6.07, 6.45) is 1.06. The second-order valence-corrected chi connectivity index (χ2v) is 5.34. The van der Waals surface area contributed by atoms with E-state index in [0.717, 1.165) is 35.3 Å². The van der Waals surface area contributed by atoms with Gasteiger partial charge >= 0.3 is 0 Å². The van der Waals surface area contributed by atoms with Gasteiger partial charge in [-0.05, 0) is 43.4 Å². The Bertz CT molecular complexity index is 290. The summed E-state index contributed by atoms with van der Waals surface area (Å²) in [5.41, 5.74) is 5.66. The number of rotatable bonds is 7. The van der Waals surface area contributed by atoms with Crippen LogP contribution in [0.15, 0.2) is 24.3 Å². The highest BCUT2D eigenvalue weighted by Gasteiger charge is 1.96. The summed E-state index contributed by atoms with van der Waals surface area (Å²) >= 11 is 7.65. The minimum atomic E-state index is 0.296. The van der Waals surface area contributed by atoms with Crippen molar-refractivity contribution in [3.8, 4) is 5.75 Å². The van der Waals surface area contributed by atoms with E-state index in [2.05, 4.69) is 0 Å². The number of hydrogen-bond donors (Lipinski definition) is 1. The molecule has 1 aromatic carbocycles. The van der Waals surface area contributed by atoms with Gasteiger partial charge in [0.25, 0.3) is 0 Å². The van der Waals surface area contributed by atoms with Crippen LogP contribution in [0.4, 0.5) is 0 Å². The number of hydrogen-bond acceptors (Lipinski definition) is 3. The van der Waals surface area contributed by atoms with Gasteiger partial charge in [0.15, 0.2) is 0 Å². The van der Waals surface area contributed by atoms with E-state index in [4.69, 9.17) is 22.1 Å². The molecule has 0 saturated carbocycles. The average Bonchev–Trinajstić information content (AvgIpc) is 2.25. The van der Waals surface area contributed by atoms with E-state index in [0.29, 0.717) is 6.04 Å². The molecule has 4 heteroatoms. The summed E-state index contributed by atoms with van der Waals surface area (Å²) in [4.78, 5) is 0. The second-order valence-electron chi connectivity index (χ2n) is 3.68. The summed E-state index contributed by atoms with van der Waals surface area (Å²) in [5.74, 6) is 2.97. The first-order chi connectivity index (χ1) is 7.68. The molecule has 1 unspecified atom stereocenters. The highest BCUT2D eigenvalue weighted by molar-refractivity contribution is 7.99. The van der Waals surface area contributed by atoms with Gasteiger partial charge in [0.05, 0.1) is 6.61 Å². The number of thioether (sulfide) groups is 1. The van der Waals surface area contributed by atoms with Crippen molar-refractivity contribution in [3.05, 3.63) is 29.3 Å². The standard InChI is InChI=1S/C12H18ClNOS/c1-10(14)6-8-16-9-7-15-12-4-2-11(13)3-5-12/h2-5,10H,6-9,14H2,1H3. The minimum Gasteiger partial charge on any atom is -0.493 e. The SMILES string of the molecule is CC(N)CCSCCOc1ccc(Cl)cc1. The predicted octanol–water partition coefficient (Wildman–Crippen LogP) is 3.19. The zero-order valence-corrected chi connectivity index (χ0v) is 11.1. The van der Waals surface area contributed by atoms with E-state index in [-0.39, 0.29) is 0 Å². The van der Waals surface area contributed by atoms with Crippen LogP contribution in [0.2, 0.25) is 5.02 Å². The van der Waals surface area contributed by atoms with Crippen LogP contribution in [0, 0.1) is 0 Å². The Morgan fingerprint density at radius 2 is 2.00 bits per heavy atom. The normalized spacial score (nSPS) is 12.4. The van der Waals surface area contributed by atoms with Gasteiger partial charge in [0.1, 0.15) is 5.75 Å². The Morgan fingerprint density at radius 1 is 1.31 bits per heavy atom. The molecule has 16 heavy (non-hydrogen) atoms. The van der Waals surface area contributed by atoms with Crippen molar-refractivity contribution in [1.82, 2.24) is 0 Å². The smallest absolute Gasteiger partial charge is 0.119 e. The molecule has 1 atom stereocenters. The molecule has 0 aliphatic heterocycles. The molecule has 0 aliphatic carbocycles. The Balaban J connectivity index is 2.05. The van der Waals surface area contributed by atoms with E-state index in [1.54, 1.807) is 0 Å². The largest absolute Gasteiger partial charge is 0.493 e. The van der Waals surface area contributed by atoms with Crippen LogP contribution in [-0.2, 0) is 0 Å². The van der Waals surface area contributed by atoms with Gasteiger partial charge in [0, 0.05) is 16.8 Å². The van der Waals surface area contributed by atoms with Crippen molar-refractivity contribution in [2.45, 2.75) is 19.4 Å². The lowest BCUT2D eigenvalue weighted by atomic mass is 10.3. The van der Waals surface area contributed by atoms with Gasteiger partial charge in [0.2, 0.25) is 0 Å². The van der Waals surface area contributed by atoms with E-state index in [9.17, 15) is 0 Å². The lowest BCUT2D eigenvalue weighted by Gasteiger charge is -2.07. The molecule has 2 N–H and O–H groups in total. The summed E-state index contributed by atoms with van der Waals surface area (Å²) in [7, 11) is 0. The van der Waals surface area contributed by atoms with Crippen LogP contribution < -0.4 is 10.5 Å². The van der Waals surface area contributed by atoms with E-state index in [1.165, 1.54) is 0 Å². The van der Waals surface area contributed by atoms with Gasteiger partial charge in [-0.1, -0.05) is 11.6 Å². The Hall–Kier alpha value is -0.380. The Labute approximate surface area is 107 Å². The fraction of sp³-hybridized carbons (Fsp3) is 0.500. The Kier molecular flexibility index (Phi) is 6.69. The molecule has 0 amide bonds. The topological polar surface area (TPSA) is 35.2 Å². The summed E-state index contributed by atoms with van der Waals surface area (Å²) in [5, 5.41) is 0.735. The lowest BCUT2D eigenvalue weighted by molar-refractivity contribution is 0.344. The molecule has 90 valence electrons. The maximum absolute atomic E-state index is 5.77. The number of halogens is 1. The van der Waals surface area contributed by atoms with Crippen molar-refractivity contribution in [1.29, 1.82) is 0 Å². The molecule has 0 radical (unpaired) electrons. The monoisotopic (exact) mass is 259 g/mol. The molecule has 0 bridgehead atoms. The third kappa shape index (κ3) is 6.26. The summed E-state index contributed by atoms with van der Waals surface area (Å²) < 4.78 is 5.56. The molecule has 0 fully saturated rings. The Morgan fingerprint density at radius 3 is 2.62 bits per heavy atom. The van der Waals surface area contributed by atoms with Gasteiger partial charge in [-0.25, -0.2) is 0 Å². The second kappa shape index (κ2) is 7.82. The lowest BCUT2D eigenvalue weighted by Crippen LogP contribution is -2.15. The van der Waals surface area contributed by atoms with Crippen molar-refractivity contribution < 1.29 is 4.74 Å². The summed E-state index contributed by atoms with van der Waals surface area (Å²) in [6, 6.07) is 7.73. The van der Waals surface area contributed by atoms with Gasteiger partial charge in [-0.15, -0.1) is 0 Å². The van der Waals surface area contributed by atoms with Crippen LogP contribution in [0.25, 0.3) is 0 Å². The predicted molar refractivity (Wildman–Crippen MR) is 72.5 cm³/mol. The summed E-state index contributed by atoms with van der Waals surface area (Å²) in [6.45, 7) is 2.76. The minimum absolute atomic E-state index is 0.296. The number of ether oxygens (including phenoxy) is 1. The van der Waals surface area contributed by atoms with Gasteiger partial charge < -0.3 is 10.5 Å². The van der Waals surface area contributed by atoms with E-state index >= 15 is 0 Å². The molecule has 1 rings (SSSR count). The van der Waals surface area contributed by atoms with Crippen molar-refractivity contribution in [2.75, 3.05) is 18.1 Å². The maximum Gasteiger partial charge on any atom is 0.119 e. The molecule has 1 aromatic rings. The van der Waals surface area contributed by atoms with Gasteiger partial charge in [-0.2, -0.15) is 11.8 Å². The quantitative estimate of drug-likeness (QED) is 0.764. The number of benzene rings is 1. The van der Waals surface area contributed by atoms with Crippen molar-refractivity contribution in [3.63, 3.8) is 0 Å². The first-order valence-corrected chi connectivity index (χ1v) is 6.93. The average molecular weight is 260 g/mol. The molecule has 0 spiro atoms. The maximum atomic E-state index is 5.77. The zero-order valence-electron chi connectivity index (χ0n) is 9.49. The van der Waals surface area contributed by atoms with Crippen LogP contribution in [0.3, 0.4) is 0 Å². The molecule has 2 nitrogen and oxygen atoms in total. The van der Waals surface area contributed by atoms with Crippen LogP contribution in [0.5, 0.6) is 5.75 Å². The molecule has 0 saturated heterocycles. The highest BCUT2D eigenvalue weighted by Crippen LogP contribution is 2.15. The van der Waals surface area contributed by atoms with Crippen LogP contribution in [0.1, 0.15) is 13.3 Å². The van der Waals surface area contributed by atoms with Crippen molar-refractivity contribution in [2.24, 2.45) is 5.73 Å². The third-order valence-corrected chi connectivity index (χ3v) is 3.26. The molecule has 0 aromatic heterocycles. The fourth-order valence-corrected chi connectivity index (χ4v) is 2.19. The molecule has 0 aliphatic rings. The molecular formula is C12H18ClNOS. The zero-order chi connectivity index (χ0) is 11.8. The van der Waals surface area contributed by atoms with Crippen LogP contribution >= 0.6 is 23.4 Å². The third-order valence-electron chi connectivity index (χ3n) is 2.03. The highest BCUT2D eigenvalue weighted by atomic mass is 35.5. The van der Waals surface area contributed by atoms with Gasteiger partial charge in [-0.3, -0.25) is 0 Å². The van der Waals surface area contributed by atoms with Crippen LogP contribution in [-0.4, -0.2) is 24.2 Å².